The number of methoxy groups -OCH3 is 1. The monoisotopic (exact) mass is 547 g/mol. The first-order valence-electron chi connectivity index (χ1n) is 12.8. The molecule has 10 heteroatoms. The molecule has 1 amide bonds. The third kappa shape index (κ3) is 7.33. The van der Waals surface area contributed by atoms with E-state index in [-0.39, 0.29) is 17.8 Å². The second-order valence-electron chi connectivity index (χ2n) is 10.3. The Hall–Kier alpha value is -3.97. The first-order valence-corrected chi connectivity index (χ1v) is 13.8. The Kier molecular flexibility index (Phi) is 8.82. The third-order valence-corrected chi connectivity index (χ3v) is 7.12. The fourth-order valence-corrected chi connectivity index (χ4v) is 5.16. The van der Waals surface area contributed by atoms with Crippen molar-refractivity contribution < 1.29 is 14.3 Å². The van der Waals surface area contributed by atoms with Crippen LogP contribution in [0.15, 0.2) is 58.5 Å². The van der Waals surface area contributed by atoms with E-state index in [4.69, 9.17) is 16.0 Å². The zero-order valence-corrected chi connectivity index (χ0v) is 23.4. The Morgan fingerprint density at radius 1 is 1.26 bits per heavy atom. The van der Waals surface area contributed by atoms with Gasteiger partial charge in [-0.2, -0.15) is 0 Å². The molecule has 0 bridgehead atoms. The normalized spacial score (nSPS) is 15.1. The van der Waals surface area contributed by atoms with E-state index in [9.17, 15) is 9.59 Å². The van der Waals surface area contributed by atoms with Crippen LogP contribution in [0, 0.1) is 6.57 Å². The van der Waals surface area contributed by atoms with Crippen LogP contribution in [-0.2, 0) is 10.5 Å². The minimum Gasteiger partial charge on any atom is -0.497 e. The highest BCUT2D eigenvalue weighted by Crippen LogP contribution is 2.30. The molecule has 2 aromatic carbocycles. The highest BCUT2D eigenvalue weighted by molar-refractivity contribution is 7.98. The number of likely N-dealkylation sites (tertiary alicyclic amines) is 1. The van der Waals surface area contributed by atoms with Crippen LogP contribution in [0.3, 0.4) is 0 Å². The predicted octanol–water partition coefficient (Wildman–Crippen LogP) is 6.10. The largest absolute Gasteiger partial charge is 0.497 e. The summed E-state index contributed by atoms with van der Waals surface area (Å²) < 4.78 is 10.9. The number of thioether (sulfide) groups is 1. The molecule has 0 saturated carbocycles. The Bertz CT molecular complexity index is 1430. The van der Waals surface area contributed by atoms with Crippen molar-refractivity contribution in [2.24, 2.45) is 0 Å². The number of rotatable bonds is 8. The van der Waals surface area contributed by atoms with E-state index >= 15 is 0 Å². The molecule has 2 N–H and O–H groups in total. The van der Waals surface area contributed by atoms with Gasteiger partial charge in [0.1, 0.15) is 11.4 Å². The highest BCUT2D eigenvalue weighted by atomic mass is 32.2. The van der Waals surface area contributed by atoms with Crippen LogP contribution in [-0.4, -0.2) is 52.8 Å². The molecule has 2 heterocycles. The summed E-state index contributed by atoms with van der Waals surface area (Å²) in [7, 11) is 1.56. The topological polar surface area (TPSA) is 101 Å². The number of hydrogen-bond donors (Lipinski definition) is 2. The average Bonchev–Trinajstić information content (AvgIpc) is 3.39. The number of anilines is 1. The molecule has 39 heavy (non-hydrogen) atoms. The summed E-state index contributed by atoms with van der Waals surface area (Å²) in [4.78, 5) is 37.8. The molecule has 204 valence electrons. The van der Waals surface area contributed by atoms with Gasteiger partial charge in [-0.3, -0.25) is 4.79 Å². The Morgan fingerprint density at radius 2 is 2.05 bits per heavy atom. The summed E-state index contributed by atoms with van der Waals surface area (Å²) in [6.07, 6.45) is 1.62. The number of H-pyrrole nitrogens is 1. The van der Waals surface area contributed by atoms with Gasteiger partial charge in [-0.1, -0.05) is 36.0 Å². The first kappa shape index (κ1) is 28.0. The van der Waals surface area contributed by atoms with Crippen LogP contribution in [0.4, 0.5) is 16.2 Å². The zero-order chi connectivity index (χ0) is 28.0. The fraction of sp³-hybridized carbons (Fsp3) is 0.379. The van der Waals surface area contributed by atoms with Crippen LogP contribution >= 0.6 is 11.8 Å². The van der Waals surface area contributed by atoms with Crippen molar-refractivity contribution in [3.8, 4) is 17.0 Å². The number of aromatic amines is 1. The Labute approximate surface area is 232 Å². The van der Waals surface area contributed by atoms with E-state index in [1.54, 1.807) is 31.4 Å². The third-order valence-electron chi connectivity index (χ3n) is 6.18. The lowest BCUT2D eigenvalue weighted by Gasteiger charge is -2.29. The van der Waals surface area contributed by atoms with Crippen LogP contribution in [0.5, 0.6) is 5.75 Å². The minimum atomic E-state index is -0.520. The van der Waals surface area contributed by atoms with Crippen molar-refractivity contribution >= 4 is 29.2 Å². The van der Waals surface area contributed by atoms with Gasteiger partial charge in [0.05, 0.1) is 25.4 Å². The molecule has 0 radical (unpaired) electrons. The maximum atomic E-state index is 12.6. The molecule has 9 nitrogen and oxygen atoms in total. The average molecular weight is 548 g/mol. The molecule has 1 aliphatic rings. The molecule has 4 rings (SSSR count). The van der Waals surface area contributed by atoms with Crippen molar-refractivity contribution in [3.05, 3.63) is 75.9 Å². The lowest BCUT2D eigenvalue weighted by atomic mass is 10.1. The number of ether oxygens (including phenoxy) is 2. The predicted molar refractivity (Wildman–Crippen MR) is 154 cm³/mol. The van der Waals surface area contributed by atoms with Crippen LogP contribution in [0.25, 0.3) is 16.1 Å². The van der Waals surface area contributed by atoms with Crippen molar-refractivity contribution in [2.75, 3.05) is 25.5 Å². The van der Waals surface area contributed by atoms with Gasteiger partial charge in [0.25, 0.3) is 11.2 Å². The molecule has 3 aromatic rings. The van der Waals surface area contributed by atoms with Crippen LogP contribution in [0.2, 0.25) is 0 Å². The van der Waals surface area contributed by atoms with E-state index in [1.807, 2.05) is 49.9 Å². The van der Waals surface area contributed by atoms with Crippen LogP contribution < -0.4 is 15.6 Å². The molecule has 0 unspecified atom stereocenters. The summed E-state index contributed by atoms with van der Waals surface area (Å²) in [6.45, 7) is 14.4. The quantitative estimate of drug-likeness (QED) is 0.200. The summed E-state index contributed by atoms with van der Waals surface area (Å²) in [6, 6.07) is 15.3. The number of carbonyl (C=O) groups is 1. The number of benzene rings is 2. The molecule has 1 atom stereocenters. The van der Waals surface area contributed by atoms with E-state index in [0.29, 0.717) is 41.0 Å². The molecule has 0 aliphatic carbocycles. The molecule has 0 spiro atoms. The fourth-order valence-electron chi connectivity index (χ4n) is 4.36. The van der Waals surface area contributed by atoms with E-state index < -0.39 is 11.2 Å². The summed E-state index contributed by atoms with van der Waals surface area (Å²) in [5, 5.41) is 3.89. The first-order chi connectivity index (χ1) is 18.7. The summed E-state index contributed by atoms with van der Waals surface area (Å²) in [5.41, 5.74) is 1.93. The number of aromatic nitrogens is 2. The minimum absolute atomic E-state index is 0.0499. The van der Waals surface area contributed by atoms with Gasteiger partial charge in [-0.15, -0.1) is 0 Å². The SMILES string of the molecule is [C-]#[N+]c1c(-c2cccc(OC)c2)nc(SCc2cccc(NC[C@H]3CCCN3C(=O)OC(C)(C)C)c2)[nH]c1=O. The standard InChI is InChI=1S/C29H33N5O4S/c1-29(2,3)38-28(36)34-14-8-12-22(34)17-31-21-11-6-9-19(15-21)18-39-27-32-24(25(30-4)26(35)33-27)20-10-7-13-23(16-20)37-5/h6-7,9-11,13,15-16,22,31H,8,12,14,17-18H2,1-3,5H3,(H,32,33,35)/t22-/m1/s1. The smallest absolute Gasteiger partial charge is 0.410 e. The van der Waals surface area contributed by atoms with Crippen molar-refractivity contribution in [3.63, 3.8) is 0 Å². The van der Waals surface area contributed by atoms with Gasteiger partial charge >= 0.3 is 6.09 Å². The van der Waals surface area contributed by atoms with Gasteiger partial charge in [0.2, 0.25) is 0 Å². The highest BCUT2D eigenvalue weighted by Gasteiger charge is 2.31. The second-order valence-corrected chi connectivity index (χ2v) is 11.2. The molecule has 1 aliphatic heterocycles. The van der Waals surface area contributed by atoms with Gasteiger partial charge < -0.3 is 24.7 Å². The zero-order valence-electron chi connectivity index (χ0n) is 22.6. The van der Waals surface area contributed by atoms with Gasteiger partial charge in [0.15, 0.2) is 5.16 Å². The number of nitrogens with one attached hydrogen (secondary N) is 2. The van der Waals surface area contributed by atoms with Gasteiger partial charge in [0, 0.05) is 24.5 Å². The second kappa shape index (κ2) is 12.3. The van der Waals surface area contributed by atoms with Crippen molar-refractivity contribution in [2.45, 2.75) is 56.2 Å². The lowest BCUT2D eigenvalue weighted by molar-refractivity contribution is 0.0235. The summed E-state index contributed by atoms with van der Waals surface area (Å²) in [5.74, 6) is 1.19. The molecule has 1 aromatic heterocycles. The van der Waals surface area contributed by atoms with Crippen molar-refractivity contribution in [1.29, 1.82) is 0 Å². The molecular weight excluding hydrogens is 514 g/mol. The number of carbonyl (C=O) groups excluding carboxylic acids is 1. The number of amides is 1. The number of hydrogen-bond acceptors (Lipinski definition) is 7. The summed E-state index contributed by atoms with van der Waals surface area (Å²) >= 11 is 1.39. The maximum Gasteiger partial charge on any atom is 0.410 e. The van der Waals surface area contributed by atoms with Crippen LogP contribution in [0.1, 0.15) is 39.2 Å². The van der Waals surface area contributed by atoms with E-state index in [2.05, 4.69) is 20.1 Å². The molecule has 1 saturated heterocycles. The number of nitrogens with zero attached hydrogens (tertiary/aromatic N) is 3. The van der Waals surface area contributed by atoms with E-state index in [0.717, 1.165) is 24.1 Å². The van der Waals surface area contributed by atoms with E-state index in [1.165, 1.54) is 11.8 Å². The van der Waals surface area contributed by atoms with Gasteiger partial charge in [-0.05, 0) is 69.0 Å². The van der Waals surface area contributed by atoms with Crippen molar-refractivity contribution in [1.82, 2.24) is 14.9 Å². The Morgan fingerprint density at radius 3 is 2.79 bits per heavy atom. The Balaban J connectivity index is 1.42. The van der Waals surface area contributed by atoms with Gasteiger partial charge in [-0.25, -0.2) is 14.6 Å². The maximum absolute atomic E-state index is 12.6. The lowest BCUT2D eigenvalue weighted by Crippen LogP contribution is -2.42. The molecular formula is C29H33N5O4S. The molecule has 1 fully saturated rings.